The molecule has 0 unspecified atom stereocenters. The van der Waals surface area contributed by atoms with Crippen LogP contribution >= 0.6 is 0 Å². The predicted molar refractivity (Wildman–Crippen MR) is 197 cm³/mol. The second-order valence-electron chi connectivity index (χ2n) is 15.9. The summed E-state index contributed by atoms with van der Waals surface area (Å²) in [7, 11) is -1.55. The van der Waals surface area contributed by atoms with Gasteiger partial charge >= 0.3 is 16.3 Å². The SMILES string of the molecule is CN(C)S(=O)(=O)NC(=O)[C@@]12C[C@@H]1/C=C\CCCCC[C@H](NC(=O)OC(C)(C)C)C(=O)N1C[C@H](Oc3nc4ccccc4n3C3CCCC3)C[C@H]1C(=O)N2. The first kappa shape index (κ1) is 38.5. The molecule has 2 aliphatic carbocycles. The minimum atomic E-state index is -4.15. The van der Waals surface area contributed by atoms with E-state index in [1.54, 1.807) is 20.8 Å². The fraction of sp³-hybridized carbons (Fsp3) is 0.649. The van der Waals surface area contributed by atoms with Crippen LogP contribution in [0.15, 0.2) is 36.4 Å². The molecule has 2 saturated carbocycles. The largest absolute Gasteiger partial charge is 0.459 e. The minimum absolute atomic E-state index is 0.0226. The van der Waals surface area contributed by atoms with E-state index in [1.807, 2.05) is 36.4 Å². The maximum atomic E-state index is 14.5. The van der Waals surface area contributed by atoms with Gasteiger partial charge in [0.25, 0.3) is 11.9 Å². The lowest BCUT2D eigenvalue weighted by Gasteiger charge is -2.30. The zero-order chi connectivity index (χ0) is 38.1. The predicted octanol–water partition coefficient (Wildman–Crippen LogP) is 3.71. The highest BCUT2D eigenvalue weighted by Crippen LogP contribution is 2.46. The van der Waals surface area contributed by atoms with Gasteiger partial charge in [-0.3, -0.25) is 19.0 Å². The van der Waals surface area contributed by atoms with E-state index in [9.17, 15) is 27.6 Å². The molecule has 2 aliphatic heterocycles. The van der Waals surface area contributed by atoms with Crippen molar-refractivity contribution in [3.63, 3.8) is 0 Å². The van der Waals surface area contributed by atoms with Crippen LogP contribution in [0.4, 0.5) is 4.79 Å². The number of alkyl carbamates (subject to hydrolysis) is 1. The average Bonchev–Trinajstić information content (AvgIpc) is 3.45. The molecule has 0 bridgehead atoms. The lowest BCUT2D eigenvalue weighted by atomic mass is 10.0. The fourth-order valence-corrected chi connectivity index (χ4v) is 8.28. The van der Waals surface area contributed by atoms with Crippen molar-refractivity contribution in [2.24, 2.45) is 5.92 Å². The van der Waals surface area contributed by atoms with Crippen LogP contribution in [0, 0.1) is 5.92 Å². The third-order valence-corrected chi connectivity index (χ3v) is 12.0. The molecule has 1 aromatic carbocycles. The zero-order valence-corrected chi connectivity index (χ0v) is 32.1. The summed E-state index contributed by atoms with van der Waals surface area (Å²) in [5.74, 6) is -2.38. The van der Waals surface area contributed by atoms with Crippen LogP contribution in [0.25, 0.3) is 11.0 Å². The van der Waals surface area contributed by atoms with Crippen molar-refractivity contribution in [3.05, 3.63) is 36.4 Å². The Balaban J connectivity index is 1.33. The van der Waals surface area contributed by atoms with E-state index in [2.05, 4.69) is 19.9 Å². The van der Waals surface area contributed by atoms with E-state index in [-0.39, 0.29) is 25.4 Å². The van der Waals surface area contributed by atoms with Crippen LogP contribution in [0.5, 0.6) is 6.01 Å². The molecule has 1 aromatic heterocycles. The molecular formula is C37H53N7O8S. The van der Waals surface area contributed by atoms with E-state index in [1.165, 1.54) is 19.0 Å². The van der Waals surface area contributed by atoms with E-state index in [0.717, 1.165) is 53.9 Å². The van der Waals surface area contributed by atoms with Crippen molar-refractivity contribution in [1.82, 2.24) is 34.1 Å². The van der Waals surface area contributed by atoms with E-state index >= 15 is 0 Å². The number of ether oxygens (including phenoxy) is 2. The first-order valence-corrected chi connectivity index (χ1v) is 20.2. The Hall–Kier alpha value is -4.18. The molecule has 15 nitrogen and oxygen atoms in total. The Morgan fingerprint density at radius 1 is 1.04 bits per heavy atom. The summed E-state index contributed by atoms with van der Waals surface area (Å²) in [4.78, 5) is 61.8. The molecule has 4 amide bonds. The third-order valence-electron chi connectivity index (χ3n) is 10.6. The summed E-state index contributed by atoms with van der Waals surface area (Å²) >= 11 is 0. The number of fused-ring (bicyclic) bond motifs is 3. The van der Waals surface area contributed by atoms with Gasteiger partial charge in [-0.2, -0.15) is 17.7 Å². The number of benzene rings is 1. The van der Waals surface area contributed by atoms with Gasteiger partial charge in [0, 0.05) is 32.5 Å². The van der Waals surface area contributed by atoms with E-state index < -0.39 is 69.3 Å². The van der Waals surface area contributed by atoms with Gasteiger partial charge in [-0.1, -0.05) is 50.0 Å². The van der Waals surface area contributed by atoms with Crippen molar-refractivity contribution in [3.8, 4) is 6.01 Å². The second kappa shape index (κ2) is 15.3. The molecule has 0 spiro atoms. The number of para-hydroxylation sites is 2. The Labute approximate surface area is 311 Å². The highest BCUT2D eigenvalue weighted by atomic mass is 32.2. The molecular weight excluding hydrogens is 703 g/mol. The van der Waals surface area contributed by atoms with Gasteiger partial charge in [0.2, 0.25) is 11.8 Å². The van der Waals surface area contributed by atoms with Crippen LogP contribution in [0.2, 0.25) is 0 Å². The lowest BCUT2D eigenvalue weighted by molar-refractivity contribution is -0.141. The molecule has 3 heterocycles. The van der Waals surface area contributed by atoms with Crippen molar-refractivity contribution in [2.45, 2.75) is 127 Å². The number of nitrogens with zero attached hydrogens (tertiary/aromatic N) is 4. The first-order valence-electron chi connectivity index (χ1n) is 18.7. The summed E-state index contributed by atoms with van der Waals surface area (Å²) < 4.78 is 42.7. The van der Waals surface area contributed by atoms with E-state index in [4.69, 9.17) is 14.5 Å². The summed E-state index contributed by atoms with van der Waals surface area (Å²) in [6.45, 7) is 5.23. The Kier molecular flexibility index (Phi) is 11.1. The monoisotopic (exact) mass is 755 g/mol. The number of carbonyl (C=O) groups excluding carboxylic acids is 4. The quantitative estimate of drug-likeness (QED) is 0.355. The number of nitrogens with one attached hydrogen (secondary N) is 3. The van der Waals surface area contributed by atoms with Gasteiger partial charge in [-0.05, 0) is 71.4 Å². The van der Waals surface area contributed by atoms with Gasteiger partial charge < -0.3 is 25.0 Å². The lowest BCUT2D eigenvalue weighted by Crippen LogP contribution is -2.58. The number of carbonyl (C=O) groups is 4. The standard InChI is InChI=1S/C37H53N7O8S/c1-36(2,3)52-35(48)39-28-19-10-8-6-7-9-15-24-22-37(24,33(47)41-53(49,50)42(4)5)40-31(45)30-21-26(23-43(30)32(28)46)51-34-38-27-18-13-14-20-29(27)44(34)25-16-11-12-17-25/h9,13-15,18,20,24-26,28,30H,6-8,10-12,16-17,19,21-23H2,1-5H3,(H,39,48)(H,40,45)(H,41,47)/b15-9-/t24-,26+,28-,30-,37+/m0/s1. The second-order valence-corrected chi connectivity index (χ2v) is 17.8. The molecule has 3 fully saturated rings. The van der Waals surface area contributed by atoms with Gasteiger partial charge in [0.15, 0.2) is 0 Å². The number of aromatic nitrogens is 2. The number of hydrogen-bond donors (Lipinski definition) is 3. The molecule has 16 heteroatoms. The third kappa shape index (κ3) is 8.64. The van der Waals surface area contributed by atoms with Crippen molar-refractivity contribution in [2.75, 3.05) is 20.6 Å². The molecule has 4 aliphatic rings. The highest BCUT2D eigenvalue weighted by molar-refractivity contribution is 7.87. The molecule has 5 atom stereocenters. The van der Waals surface area contributed by atoms with Gasteiger partial charge in [0.1, 0.15) is 29.3 Å². The number of hydrogen-bond acceptors (Lipinski definition) is 9. The Morgan fingerprint density at radius 2 is 1.75 bits per heavy atom. The average molecular weight is 756 g/mol. The minimum Gasteiger partial charge on any atom is -0.459 e. The fourth-order valence-electron chi connectivity index (χ4n) is 7.68. The molecule has 1 saturated heterocycles. The zero-order valence-electron chi connectivity index (χ0n) is 31.3. The van der Waals surface area contributed by atoms with Crippen molar-refractivity contribution < 1.29 is 37.1 Å². The number of allylic oxidation sites excluding steroid dienone is 1. The van der Waals surface area contributed by atoms with Crippen LogP contribution in [0.3, 0.4) is 0 Å². The van der Waals surface area contributed by atoms with Crippen LogP contribution < -0.4 is 20.1 Å². The van der Waals surface area contributed by atoms with Gasteiger partial charge in [-0.25, -0.2) is 9.52 Å². The number of amides is 4. The van der Waals surface area contributed by atoms with Crippen molar-refractivity contribution >= 4 is 45.1 Å². The molecule has 6 rings (SSSR count). The molecule has 290 valence electrons. The number of rotatable bonds is 7. The molecule has 0 radical (unpaired) electrons. The molecule has 3 N–H and O–H groups in total. The Morgan fingerprint density at radius 3 is 2.47 bits per heavy atom. The summed E-state index contributed by atoms with van der Waals surface area (Å²) in [5, 5.41) is 5.63. The summed E-state index contributed by atoms with van der Waals surface area (Å²) in [6.07, 6.45) is 10.0. The normalized spacial score (nSPS) is 28.0. The van der Waals surface area contributed by atoms with Crippen LogP contribution in [-0.4, -0.2) is 101 Å². The van der Waals surface area contributed by atoms with Gasteiger partial charge in [-0.15, -0.1) is 0 Å². The maximum absolute atomic E-state index is 14.5. The summed E-state index contributed by atoms with van der Waals surface area (Å²) in [6, 6.07) is 6.36. The van der Waals surface area contributed by atoms with Gasteiger partial charge in [0.05, 0.1) is 17.6 Å². The molecule has 53 heavy (non-hydrogen) atoms. The van der Waals surface area contributed by atoms with Crippen LogP contribution in [0.1, 0.15) is 97.4 Å². The first-order chi connectivity index (χ1) is 25.1. The maximum Gasteiger partial charge on any atom is 0.408 e. The van der Waals surface area contributed by atoms with E-state index in [0.29, 0.717) is 25.3 Å². The van der Waals surface area contributed by atoms with Crippen LogP contribution in [-0.2, 0) is 29.3 Å². The smallest absolute Gasteiger partial charge is 0.408 e. The highest BCUT2D eigenvalue weighted by Gasteiger charge is 2.62. The molecule has 2 aromatic rings. The van der Waals surface area contributed by atoms with Crippen molar-refractivity contribution in [1.29, 1.82) is 0 Å². The topological polar surface area (TPSA) is 181 Å². The summed E-state index contributed by atoms with van der Waals surface area (Å²) in [5.41, 5.74) is -0.596. The Bertz CT molecular complexity index is 1850. The number of imidazole rings is 1.